The van der Waals surface area contributed by atoms with Crippen LogP contribution in [0.4, 0.5) is 0 Å². The minimum atomic E-state index is -0.185. The molecule has 0 saturated carbocycles. The first-order chi connectivity index (χ1) is 11.6. The van der Waals surface area contributed by atoms with E-state index >= 15 is 0 Å². The monoisotopic (exact) mass is 325 g/mol. The van der Waals surface area contributed by atoms with Gasteiger partial charge in [0.05, 0.1) is 26.2 Å². The van der Waals surface area contributed by atoms with Crippen LogP contribution in [0.3, 0.4) is 0 Å². The Morgan fingerprint density at radius 2 is 2.17 bits per heavy atom. The molecule has 0 aliphatic rings. The van der Waals surface area contributed by atoms with Gasteiger partial charge in [-0.25, -0.2) is 0 Å². The van der Waals surface area contributed by atoms with Gasteiger partial charge in [-0.15, -0.1) is 0 Å². The zero-order valence-electron chi connectivity index (χ0n) is 13.9. The van der Waals surface area contributed by atoms with Crippen LogP contribution in [0.15, 0.2) is 51.7 Å². The Bertz CT molecular complexity index is 888. The van der Waals surface area contributed by atoms with Crippen LogP contribution in [0.2, 0.25) is 0 Å². The molecule has 5 heteroatoms. The predicted molar refractivity (Wildman–Crippen MR) is 91.7 cm³/mol. The highest BCUT2D eigenvalue weighted by Crippen LogP contribution is 2.33. The zero-order valence-corrected chi connectivity index (χ0v) is 13.9. The number of ether oxygens (including phenoxy) is 1. The second-order valence-corrected chi connectivity index (χ2v) is 5.59. The summed E-state index contributed by atoms with van der Waals surface area (Å²) < 4.78 is 16.1. The topological polar surface area (TPSA) is 64.6 Å². The van der Waals surface area contributed by atoms with Crippen molar-refractivity contribution in [1.29, 1.82) is 0 Å². The van der Waals surface area contributed by atoms with Crippen LogP contribution in [0, 0.1) is 6.92 Å². The van der Waals surface area contributed by atoms with E-state index in [0.29, 0.717) is 18.1 Å². The fourth-order valence-corrected chi connectivity index (χ4v) is 2.57. The molecule has 2 aromatic heterocycles. The first kappa shape index (κ1) is 15.9. The lowest BCUT2D eigenvalue weighted by molar-refractivity contribution is -0.116. The van der Waals surface area contributed by atoms with Gasteiger partial charge in [-0.3, -0.25) is 4.79 Å². The molecule has 0 fully saturated rings. The van der Waals surface area contributed by atoms with Gasteiger partial charge < -0.3 is 18.9 Å². The molecule has 3 rings (SSSR count). The molecule has 1 amide bonds. The number of benzene rings is 1. The molecule has 0 atom stereocenters. The number of furan rings is 2. The summed E-state index contributed by atoms with van der Waals surface area (Å²) in [6.45, 7) is 4.22. The lowest BCUT2D eigenvalue weighted by Gasteiger charge is -2.09. The van der Waals surface area contributed by atoms with Gasteiger partial charge in [-0.2, -0.15) is 0 Å². The van der Waals surface area contributed by atoms with Crippen molar-refractivity contribution >= 4 is 22.4 Å². The molecule has 0 aliphatic carbocycles. The van der Waals surface area contributed by atoms with E-state index in [-0.39, 0.29) is 5.91 Å². The number of hydrogen-bond acceptors (Lipinski definition) is 4. The molecule has 2 heterocycles. The molecular weight excluding hydrogens is 306 g/mol. The SMILES string of the molecule is COc1cc2occ(C)c2cc1/C(C)=C/C(=O)NCc1ccco1. The molecule has 3 aromatic rings. The van der Waals surface area contributed by atoms with Crippen LogP contribution in [0.5, 0.6) is 5.75 Å². The quantitative estimate of drug-likeness (QED) is 0.718. The van der Waals surface area contributed by atoms with E-state index in [1.807, 2.05) is 32.0 Å². The van der Waals surface area contributed by atoms with Gasteiger partial charge in [-0.05, 0) is 43.2 Å². The van der Waals surface area contributed by atoms with Crippen LogP contribution < -0.4 is 10.1 Å². The van der Waals surface area contributed by atoms with Crippen molar-refractivity contribution in [2.24, 2.45) is 0 Å². The average molecular weight is 325 g/mol. The van der Waals surface area contributed by atoms with E-state index in [1.165, 1.54) is 0 Å². The Balaban J connectivity index is 1.84. The Morgan fingerprint density at radius 1 is 1.33 bits per heavy atom. The highest BCUT2D eigenvalue weighted by Gasteiger charge is 2.12. The van der Waals surface area contributed by atoms with Crippen molar-refractivity contribution in [3.8, 4) is 5.75 Å². The van der Waals surface area contributed by atoms with E-state index in [4.69, 9.17) is 13.6 Å². The van der Waals surface area contributed by atoms with Crippen LogP contribution in [-0.2, 0) is 11.3 Å². The van der Waals surface area contributed by atoms with E-state index < -0.39 is 0 Å². The number of allylic oxidation sites excluding steroid dienone is 1. The summed E-state index contributed by atoms with van der Waals surface area (Å²) in [7, 11) is 1.60. The van der Waals surface area contributed by atoms with Crippen molar-refractivity contribution in [3.63, 3.8) is 0 Å². The largest absolute Gasteiger partial charge is 0.496 e. The number of nitrogens with one attached hydrogen (secondary N) is 1. The Labute approximate surface area is 139 Å². The Kier molecular flexibility index (Phi) is 4.42. The van der Waals surface area contributed by atoms with Gasteiger partial charge in [0.25, 0.3) is 0 Å². The maximum absolute atomic E-state index is 12.1. The third-order valence-corrected chi connectivity index (χ3v) is 3.88. The molecule has 124 valence electrons. The van der Waals surface area contributed by atoms with Crippen molar-refractivity contribution in [2.75, 3.05) is 7.11 Å². The molecule has 1 N–H and O–H groups in total. The fraction of sp³-hybridized carbons (Fsp3) is 0.211. The normalized spacial score (nSPS) is 11.7. The van der Waals surface area contributed by atoms with Crippen molar-refractivity contribution in [3.05, 3.63) is 59.8 Å². The van der Waals surface area contributed by atoms with Crippen LogP contribution >= 0.6 is 0 Å². The third kappa shape index (κ3) is 3.20. The third-order valence-electron chi connectivity index (χ3n) is 3.88. The van der Waals surface area contributed by atoms with Crippen molar-refractivity contribution < 1.29 is 18.4 Å². The summed E-state index contributed by atoms with van der Waals surface area (Å²) in [6, 6.07) is 7.43. The molecule has 0 bridgehead atoms. The smallest absolute Gasteiger partial charge is 0.244 e. The summed E-state index contributed by atoms with van der Waals surface area (Å²) in [4.78, 5) is 12.1. The zero-order chi connectivity index (χ0) is 17.1. The molecule has 1 aromatic carbocycles. The van der Waals surface area contributed by atoms with Crippen molar-refractivity contribution in [2.45, 2.75) is 20.4 Å². The second kappa shape index (κ2) is 6.66. The number of carbonyl (C=O) groups is 1. The van der Waals surface area contributed by atoms with Crippen LogP contribution in [0.25, 0.3) is 16.5 Å². The number of rotatable bonds is 5. The summed E-state index contributed by atoms with van der Waals surface area (Å²) in [6.07, 6.45) is 4.85. The lowest BCUT2D eigenvalue weighted by Crippen LogP contribution is -2.20. The number of aryl methyl sites for hydroxylation is 1. The van der Waals surface area contributed by atoms with Gasteiger partial charge in [0.15, 0.2) is 0 Å². The maximum Gasteiger partial charge on any atom is 0.244 e. The first-order valence-corrected chi connectivity index (χ1v) is 7.63. The van der Waals surface area contributed by atoms with Gasteiger partial charge in [-0.1, -0.05) is 0 Å². The van der Waals surface area contributed by atoms with Gasteiger partial charge in [0.1, 0.15) is 17.1 Å². The summed E-state index contributed by atoms with van der Waals surface area (Å²) in [5, 5.41) is 3.81. The molecule has 0 saturated heterocycles. The fourth-order valence-electron chi connectivity index (χ4n) is 2.57. The summed E-state index contributed by atoms with van der Waals surface area (Å²) in [5.74, 6) is 1.20. The number of methoxy groups -OCH3 is 1. The van der Waals surface area contributed by atoms with Crippen LogP contribution in [-0.4, -0.2) is 13.0 Å². The number of amides is 1. The minimum absolute atomic E-state index is 0.185. The molecule has 5 nitrogen and oxygen atoms in total. The molecule has 0 spiro atoms. The molecule has 0 radical (unpaired) electrons. The highest BCUT2D eigenvalue weighted by molar-refractivity contribution is 5.97. The van der Waals surface area contributed by atoms with E-state index in [1.54, 1.807) is 31.8 Å². The highest BCUT2D eigenvalue weighted by atomic mass is 16.5. The molecule has 0 aliphatic heterocycles. The van der Waals surface area contributed by atoms with Gasteiger partial charge >= 0.3 is 0 Å². The molecule has 0 unspecified atom stereocenters. The number of hydrogen-bond donors (Lipinski definition) is 1. The predicted octanol–water partition coefficient (Wildman–Crippen LogP) is 4.06. The van der Waals surface area contributed by atoms with Gasteiger partial charge in [0, 0.05) is 23.1 Å². The molecular formula is C19H19NO4. The summed E-state index contributed by atoms with van der Waals surface area (Å²) in [5.41, 5.74) is 3.49. The lowest BCUT2D eigenvalue weighted by atomic mass is 10.0. The second-order valence-electron chi connectivity index (χ2n) is 5.59. The Morgan fingerprint density at radius 3 is 2.88 bits per heavy atom. The first-order valence-electron chi connectivity index (χ1n) is 7.63. The van der Waals surface area contributed by atoms with E-state index in [0.717, 1.165) is 27.7 Å². The van der Waals surface area contributed by atoms with E-state index in [9.17, 15) is 4.79 Å². The van der Waals surface area contributed by atoms with Crippen molar-refractivity contribution in [1.82, 2.24) is 5.32 Å². The maximum atomic E-state index is 12.1. The number of carbonyl (C=O) groups excluding carboxylic acids is 1. The van der Waals surface area contributed by atoms with Gasteiger partial charge in [0.2, 0.25) is 5.91 Å². The summed E-state index contributed by atoms with van der Waals surface area (Å²) >= 11 is 0. The number of fused-ring (bicyclic) bond motifs is 1. The minimum Gasteiger partial charge on any atom is -0.496 e. The molecule has 24 heavy (non-hydrogen) atoms. The van der Waals surface area contributed by atoms with E-state index in [2.05, 4.69) is 5.32 Å². The standard InChI is InChI=1S/C19H19NO4/c1-12(7-19(21)20-10-14-5-4-6-23-14)15-8-16-13(2)11-24-18(16)9-17(15)22-3/h4-9,11H,10H2,1-3H3,(H,20,21)/b12-7+. The average Bonchev–Trinajstić information content (AvgIpc) is 3.22. The Hall–Kier alpha value is -2.95. The van der Waals surface area contributed by atoms with Crippen LogP contribution in [0.1, 0.15) is 23.8 Å².